The fourth-order valence-electron chi connectivity index (χ4n) is 3.38. The van der Waals surface area contributed by atoms with Gasteiger partial charge in [-0.05, 0) is 49.4 Å². The number of rotatable bonds is 4. The first-order chi connectivity index (χ1) is 12.7. The molecule has 0 N–H and O–H groups in total. The standard InChI is InChI=1S/C21H19ClN2O2/c1-4-24-17-11-9-15-16(10-12-18(26-3)19(15)22)20(17)23-21(24)13-5-7-14(25-2)8-6-13/h5-12H,4H2,1-3H3. The topological polar surface area (TPSA) is 36.3 Å². The smallest absolute Gasteiger partial charge is 0.141 e. The summed E-state index contributed by atoms with van der Waals surface area (Å²) in [6.45, 7) is 2.95. The molecule has 0 bridgehead atoms. The van der Waals surface area contributed by atoms with E-state index >= 15 is 0 Å². The van der Waals surface area contributed by atoms with Crippen molar-refractivity contribution in [1.29, 1.82) is 0 Å². The summed E-state index contributed by atoms with van der Waals surface area (Å²) >= 11 is 6.50. The number of hydrogen-bond acceptors (Lipinski definition) is 3. The van der Waals surface area contributed by atoms with Crippen molar-refractivity contribution in [2.45, 2.75) is 13.5 Å². The number of benzene rings is 3. The Morgan fingerprint density at radius 3 is 2.31 bits per heavy atom. The second-order valence-electron chi connectivity index (χ2n) is 6.02. The summed E-state index contributed by atoms with van der Waals surface area (Å²) in [6.07, 6.45) is 0. The zero-order valence-electron chi connectivity index (χ0n) is 14.9. The fraction of sp³-hybridized carbons (Fsp3) is 0.190. The van der Waals surface area contributed by atoms with Gasteiger partial charge >= 0.3 is 0 Å². The molecule has 0 atom stereocenters. The summed E-state index contributed by atoms with van der Waals surface area (Å²) < 4.78 is 12.8. The van der Waals surface area contributed by atoms with Crippen LogP contribution < -0.4 is 9.47 Å². The van der Waals surface area contributed by atoms with Gasteiger partial charge in [-0.1, -0.05) is 17.7 Å². The molecule has 1 heterocycles. The minimum Gasteiger partial charge on any atom is -0.497 e. The lowest BCUT2D eigenvalue weighted by molar-refractivity contribution is 0.415. The van der Waals surface area contributed by atoms with Crippen molar-refractivity contribution in [2.75, 3.05) is 14.2 Å². The summed E-state index contributed by atoms with van der Waals surface area (Å²) in [5, 5.41) is 2.58. The van der Waals surface area contributed by atoms with Crippen LogP contribution in [0.3, 0.4) is 0 Å². The van der Waals surface area contributed by atoms with Crippen molar-refractivity contribution in [1.82, 2.24) is 9.55 Å². The van der Waals surface area contributed by atoms with Crippen LogP contribution in [-0.4, -0.2) is 23.8 Å². The van der Waals surface area contributed by atoms with Gasteiger partial charge in [0.1, 0.15) is 17.3 Å². The van der Waals surface area contributed by atoms with Crippen LogP contribution in [0.15, 0.2) is 48.5 Å². The lowest BCUT2D eigenvalue weighted by Crippen LogP contribution is -1.97. The zero-order chi connectivity index (χ0) is 18.3. The Hall–Kier alpha value is -2.72. The minimum atomic E-state index is 0.615. The van der Waals surface area contributed by atoms with Crippen molar-refractivity contribution in [3.8, 4) is 22.9 Å². The van der Waals surface area contributed by atoms with Gasteiger partial charge in [-0.3, -0.25) is 0 Å². The Morgan fingerprint density at radius 1 is 0.923 bits per heavy atom. The van der Waals surface area contributed by atoms with Crippen LogP contribution in [0.5, 0.6) is 11.5 Å². The number of ether oxygens (including phenoxy) is 2. The molecule has 0 fully saturated rings. The molecule has 3 aromatic carbocycles. The zero-order valence-corrected chi connectivity index (χ0v) is 15.7. The summed E-state index contributed by atoms with van der Waals surface area (Å²) in [6, 6.07) is 16.0. The quantitative estimate of drug-likeness (QED) is 0.475. The number of aryl methyl sites for hydroxylation is 1. The fourth-order valence-corrected chi connectivity index (χ4v) is 3.68. The number of halogens is 1. The molecule has 0 aliphatic carbocycles. The van der Waals surface area contributed by atoms with Crippen LogP contribution in [0.1, 0.15) is 6.92 Å². The molecule has 0 unspecified atom stereocenters. The van der Waals surface area contributed by atoms with E-state index in [-0.39, 0.29) is 0 Å². The normalized spacial score (nSPS) is 11.2. The third kappa shape index (κ3) is 2.49. The van der Waals surface area contributed by atoms with E-state index in [1.807, 2.05) is 42.5 Å². The van der Waals surface area contributed by atoms with Crippen molar-refractivity contribution in [3.63, 3.8) is 0 Å². The van der Waals surface area contributed by atoms with E-state index in [0.29, 0.717) is 10.8 Å². The first-order valence-corrected chi connectivity index (χ1v) is 8.85. The van der Waals surface area contributed by atoms with Crippen LogP contribution >= 0.6 is 11.6 Å². The number of fused-ring (bicyclic) bond motifs is 3. The molecule has 26 heavy (non-hydrogen) atoms. The molecule has 4 aromatic rings. The third-order valence-corrected chi connectivity index (χ3v) is 5.09. The molecule has 0 aliphatic heterocycles. The highest BCUT2D eigenvalue weighted by Crippen LogP contribution is 2.37. The highest BCUT2D eigenvalue weighted by Gasteiger charge is 2.16. The second-order valence-corrected chi connectivity index (χ2v) is 6.40. The van der Waals surface area contributed by atoms with E-state index in [1.165, 1.54) is 0 Å². The molecule has 0 amide bonds. The van der Waals surface area contributed by atoms with Gasteiger partial charge in [-0.2, -0.15) is 0 Å². The number of hydrogen-bond donors (Lipinski definition) is 0. The van der Waals surface area contributed by atoms with E-state index in [1.54, 1.807) is 14.2 Å². The molecule has 132 valence electrons. The molecule has 5 heteroatoms. The lowest BCUT2D eigenvalue weighted by Gasteiger charge is -2.08. The maximum atomic E-state index is 6.50. The highest BCUT2D eigenvalue weighted by molar-refractivity contribution is 6.37. The monoisotopic (exact) mass is 366 g/mol. The van der Waals surface area contributed by atoms with E-state index in [9.17, 15) is 0 Å². The lowest BCUT2D eigenvalue weighted by atomic mass is 10.1. The average Bonchev–Trinajstić information content (AvgIpc) is 3.07. The molecule has 4 rings (SSSR count). The molecule has 0 saturated carbocycles. The molecule has 1 aromatic heterocycles. The number of imidazole rings is 1. The number of aromatic nitrogens is 2. The Labute approximate surface area is 156 Å². The Kier molecular flexibility index (Phi) is 4.21. The van der Waals surface area contributed by atoms with Crippen LogP contribution in [0.25, 0.3) is 33.2 Å². The predicted octanol–water partition coefficient (Wildman–Crippen LogP) is 5.55. The second kappa shape index (κ2) is 6.54. The van der Waals surface area contributed by atoms with Gasteiger partial charge < -0.3 is 14.0 Å². The van der Waals surface area contributed by atoms with Gasteiger partial charge in [0.2, 0.25) is 0 Å². The maximum Gasteiger partial charge on any atom is 0.141 e. The van der Waals surface area contributed by atoms with Gasteiger partial charge in [0.25, 0.3) is 0 Å². The molecular formula is C21H19ClN2O2. The van der Waals surface area contributed by atoms with Crippen molar-refractivity contribution in [3.05, 3.63) is 53.6 Å². The Balaban J connectivity index is 1.99. The summed E-state index contributed by atoms with van der Waals surface area (Å²) in [5.41, 5.74) is 3.09. The average molecular weight is 367 g/mol. The van der Waals surface area contributed by atoms with Crippen molar-refractivity contribution < 1.29 is 9.47 Å². The van der Waals surface area contributed by atoms with Crippen LogP contribution in [-0.2, 0) is 6.54 Å². The van der Waals surface area contributed by atoms with Crippen molar-refractivity contribution in [2.24, 2.45) is 0 Å². The predicted molar refractivity (Wildman–Crippen MR) is 106 cm³/mol. The van der Waals surface area contributed by atoms with E-state index < -0.39 is 0 Å². The van der Waals surface area contributed by atoms with Gasteiger partial charge in [0, 0.05) is 22.9 Å². The highest BCUT2D eigenvalue weighted by atomic mass is 35.5. The first kappa shape index (κ1) is 16.7. The molecule has 0 radical (unpaired) electrons. The van der Waals surface area contributed by atoms with Crippen molar-refractivity contribution >= 4 is 33.4 Å². The summed E-state index contributed by atoms with van der Waals surface area (Å²) in [5.74, 6) is 2.44. The van der Waals surface area contributed by atoms with Gasteiger partial charge in [0.15, 0.2) is 0 Å². The molecule has 0 saturated heterocycles. The van der Waals surface area contributed by atoms with E-state index in [4.69, 9.17) is 26.1 Å². The third-order valence-electron chi connectivity index (χ3n) is 4.70. The number of nitrogens with zero attached hydrogens (tertiary/aromatic N) is 2. The van der Waals surface area contributed by atoms with Gasteiger partial charge in [-0.15, -0.1) is 0 Å². The summed E-state index contributed by atoms with van der Waals surface area (Å²) in [7, 11) is 3.29. The maximum absolute atomic E-state index is 6.50. The Bertz CT molecular complexity index is 1100. The van der Waals surface area contributed by atoms with E-state index in [0.717, 1.165) is 45.5 Å². The molecule has 0 spiro atoms. The van der Waals surface area contributed by atoms with Crippen LogP contribution in [0.4, 0.5) is 0 Å². The van der Waals surface area contributed by atoms with E-state index in [2.05, 4.69) is 17.6 Å². The van der Waals surface area contributed by atoms with Gasteiger partial charge in [-0.25, -0.2) is 4.98 Å². The van der Waals surface area contributed by atoms with Gasteiger partial charge in [0.05, 0.1) is 30.3 Å². The molecule has 4 nitrogen and oxygen atoms in total. The molecular weight excluding hydrogens is 348 g/mol. The largest absolute Gasteiger partial charge is 0.497 e. The summed E-state index contributed by atoms with van der Waals surface area (Å²) in [4.78, 5) is 4.96. The SMILES string of the molecule is CCn1c(-c2ccc(OC)cc2)nc2c3ccc(OC)c(Cl)c3ccc21. The number of methoxy groups -OCH3 is 2. The molecule has 0 aliphatic rings. The minimum absolute atomic E-state index is 0.615. The Morgan fingerprint density at radius 2 is 1.65 bits per heavy atom. The van der Waals surface area contributed by atoms with Crippen LogP contribution in [0.2, 0.25) is 5.02 Å². The first-order valence-electron chi connectivity index (χ1n) is 8.47. The van der Waals surface area contributed by atoms with Crippen LogP contribution in [0, 0.1) is 0 Å².